The highest BCUT2D eigenvalue weighted by molar-refractivity contribution is 6.30. The van der Waals surface area contributed by atoms with E-state index in [-0.39, 0.29) is 36.2 Å². The standard InChI is InChI=1S/C24H34ClN3O4/c1-16(2)22(29)28(19-6-4-3-5-7-19)20-12-13-27(15-20)23(30)21(26-24(31)32)14-17-8-10-18(25)11-9-17/h8-11,16,19-21,26H,3-7,12-15H2,1-2H3,(H,31,32)/t20-,21+/m0/s1. The van der Waals surface area contributed by atoms with Crippen molar-refractivity contribution in [2.45, 2.75) is 76.9 Å². The van der Waals surface area contributed by atoms with E-state index in [4.69, 9.17) is 11.6 Å². The first-order valence-corrected chi connectivity index (χ1v) is 12.0. The van der Waals surface area contributed by atoms with Crippen LogP contribution in [-0.2, 0) is 16.0 Å². The summed E-state index contributed by atoms with van der Waals surface area (Å²) in [6, 6.07) is 6.39. The van der Waals surface area contributed by atoms with Gasteiger partial charge in [0.15, 0.2) is 0 Å². The molecule has 8 heteroatoms. The number of carbonyl (C=O) groups is 3. The summed E-state index contributed by atoms with van der Waals surface area (Å²) in [5, 5.41) is 12.3. The maximum atomic E-state index is 13.3. The van der Waals surface area contributed by atoms with Crippen LogP contribution in [0.5, 0.6) is 0 Å². The van der Waals surface area contributed by atoms with Crippen molar-refractivity contribution >= 4 is 29.5 Å². The molecular weight excluding hydrogens is 430 g/mol. The molecule has 0 bridgehead atoms. The number of nitrogens with one attached hydrogen (secondary N) is 1. The summed E-state index contributed by atoms with van der Waals surface area (Å²) in [4.78, 5) is 41.5. The highest BCUT2D eigenvalue weighted by Gasteiger charge is 2.39. The summed E-state index contributed by atoms with van der Waals surface area (Å²) in [6.45, 7) is 4.83. The monoisotopic (exact) mass is 463 g/mol. The van der Waals surface area contributed by atoms with Crippen LogP contribution in [0.1, 0.15) is 57.9 Å². The quantitative estimate of drug-likeness (QED) is 0.640. The first-order chi connectivity index (χ1) is 15.3. The molecular formula is C24H34ClN3O4. The molecule has 1 saturated carbocycles. The lowest BCUT2D eigenvalue weighted by molar-refractivity contribution is -0.141. The van der Waals surface area contributed by atoms with E-state index in [1.54, 1.807) is 29.2 Å². The molecule has 1 aromatic carbocycles. The maximum absolute atomic E-state index is 13.3. The van der Waals surface area contributed by atoms with Gasteiger partial charge < -0.3 is 20.2 Å². The van der Waals surface area contributed by atoms with Gasteiger partial charge in [0, 0.05) is 36.5 Å². The maximum Gasteiger partial charge on any atom is 0.405 e. The molecule has 0 spiro atoms. The first-order valence-electron chi connectivity index (χ1n) is 11.6. The zero-order chi connectivity index (χ0) is 23.3. The first kappa shape index (κ1) is 24.4. The Kier molecular flexibility index (Phi) is 8.40. The van der Waals surface area contributed by atoms with E-state index in [0.29, 0.717) is 18.1 Å². The van der Waals surface area contributed by atoms with Crippen molar-refractivity contribution in [1.29, 1.82) is 0 Å². The van der Waals surface area contributed by atoms with E-state index in [0.717, 1.165) is 37.7 Å². The van der Waals surface area contributed by atoms with Gasteiger partial charge in [-0.1, -0.05) is 56.8 Å². The van der Waals surface area contributed by atoms with Crippen LogP contribution in [0.3, 0.4) is 0 Å². The Morgan fingerprint density at radius 3 is 2.34 bits per heavy atom. The molecule has 0 unspecified atom stereocenters. The number of halogens is 1. The number of likely N-dealkylation sites (tertiary alicyclic amines) is 1. The van der Waals surface area contributed by atoms with Gasteiger partial charge in [-0.05, 0) is 37.0 Å². The number of hydrogen-bond acceptors (Lipinski definition) is 3. The van der Waals surface area contributed by atoms with Crippen LogP contribution in [0.15, 0.2) is 24.3 Å². The Morgan fingerprint density at radius 1 is 1.09 bits per heavy atom. The van der Waals surface area contributed by atoms with E-state index in [9.17, 15) is 19.5 Å². The summed E-state index contributed by atoms with van der Waals surface area (Å²) in [6.07, 6.45) is 5.25. The highest BCUT2D eigenvalue weighted by atomic mass is 35.5. The molecule has 2 atom stereocenters. The second-order valence-corrected chi connectivity index (χ2v) is 9.69. The minimum Gasteiger partial charge on any atom is -0.465 e. The van der Waals surface area contributed by atoms with Crippen LogP contribution in [0.2, 0.25) is 5.02 Å². The predicted molar refractivity (Wildman–Crippen MR) is 124 cm³/mol. The third kappa shape index (κ3) is 6.15. The number of nitrogens with zero attached hydrogens (tertiary/aromatic N) is 2. The van der Waals surface area contributed by atoms with Gasteiger partial charge in [-0.15, -0.1) is 0 Å². The number of carboxylic acid groups (broad SMARTS) is 1. The third-order valence-corrected chi connectivity index (χ3v) is 6.79. The van der Waals surface area contributed by atoms with Crippen molar-refractivity contribution < 1.29 is 19.5 Å². The highest BCUT2D eigenvalue weighted by Crippen LogP contribution is 2.29. The number of carbonyl (C=O) groups excluding carboxylic acids is 2. The molecule has 1 aromatic rings. The van der Waals surface area contributed by atoms with Crippen molar-refractivity contribution in [2.75, 3.05) is 13.1 Å². The fraction of sp³-hybridized carbons (Fsp3) is 0.625. The Hall–Kier alpha value is -2.28. The predicted octanol–water partition coefficient (Wildman–Crippen LogP) is 3.94. The van der Waals surface area contributed by atoms with Gasteiger partial charge in [0.25, 0.3) is 0 Å². The SMILES string of the molecule is CC(C)C(=O)N(C1CCCCC1)[C@H]1CCN(C(=O)[C@@H](Cc2ccc(Cl)cc2)NC(=O)O)C1. The molecule has 3 amide bonds. The second kappa shape index (κ2) is 11.0. The molecule has 0 aromatic heterocycles. The molecule has 2 N–H and O–H groups in total. The van der Waals surface area contributed by atoms with E-state index < -0.39 is 12.1 Å². The van der Waals surface area contributed by atoms with Crippen LogP contribution in [0.25, 0.3) is 0 Å². The zero-order valence-corrected chi connectivity index (χ0v) is 19.7. The molecule has 1 heterocycles. The van der Waals surface area contributed by atoms with Gasteiger partial charge in [0.1, 0.15) is 6.04 Å². The van der Waals surface area contributed by atoms with Gasteiger partial charge in [-0.25, -0.2) is 4.79 Å². The summed E-state index contributed by atoms with van der Waals surface area (Å²) < 4.78 is 0. The number of amides is 3. The lowest BCUT2D eigenvalue weighted by atomic mass is 9.92. The van der Waals surface area contributed by atoms with Crippen molar-refractivity contribution in [3.05, 3.63) is 34.9 Å². The number of rotatable bonds is 7. The fourth-order valence-corrected chi connectivity index (χ4v) is 5.04. The molecule has 1 aliphatic carbocycles. The summed E-state index contributed by atoms with van der Waals surface area (Å²) >= 11 is 5.94. The summed E-state index contributed by atoms with van der Waals surface area (Å²) in [5.41, 5.74) is 0.830. The third-order valence-electron chi connectivity index (χ3n) is 6.53. The molecule has 176 valence electrons. The largest absolute Gasteiger partial charge is 0.465 e. The normalized spacial score (nSPS) is 20.2. The van der Waals surface area contributed by atoms with Crippen LogP contribution in [0.4, 0.5) is 4.79 Å². The lowest BCUT2D eigenvalue weighted by Crippen LogP contribution is -2.52. The van der Waals surface area contributed by atoms with Crippen molar-refractivity contribution in [2.24, 2.45) is 5.92 Å². The average Bonchev–Trinajstić information content (AvgIpc) is 3.24. The summed E-state index contributed by atoms with van der Waals surface area (Å²) in [7, 11) is 0. The number of hydrogen-bond donors (Lipinski definition) is 2. The second-order valence-electron chi connectivity index (χ2n) is 9.25. The van der Waals surface area contributed by atoms with Crippen LogP contribution in [0, 0.1) is 5.92 Å². The van der Waals surface area contributed by atoms with E-state index in [1.165, 1.54) is 6.42 Å². The molecule has 1 aliphatic heterocycles. The molecule has 2 aliphatic rings. The molecule has 2 fully saturated rings. The van der Waals surface area contributed by atoms with Crippen molar-refractivity contribution in [1.82, 2.24) is 15.1 Å². The van der Waals surface area contributed by atoms with E-state index in [1.807, 2.05) is 13.8 Å². The smallest absolute Gasteiger partial charge is 0.405 e. The van der Waals surface area contributed by atoms with Crippen LogP contribution >= 0.6 is 11.6 Å². The van der Waals surface area contributed by atoms with Gasteiger partial charge >= 0.3 is 6.09 Å². The van der Waals surface area contributed by atoms with Gasteiger partial charge in [0.2, 0.25) is 11.8 Å². The lowest BCUT2D eigenvalue weighted by Gasteiger charge is -2.39. The molecule has 3 rings (SSSR count). The topological polar surface area (TPSA) is 90.0 Å². The molecule has 32 heavy (non-hydrogen) atoms. The average molecular weight is 464 g/mol. The van der Waals surface area contributed by atoms with Gasteiger partial charge in [-0.2, -0.15) is 0 Å². The van der Waals surface area contributed by atoms with Gasteiger partial charge in [-0.3, -0.25) is 9.59 Å². The van der Waals surface area contributed by atoms with E-state index >= 15 is 0 Å². The fourth-order valence-electron chi connectivity index (χ4n) is 4.91. The van der Waals surface area contributed by atoms with Crippen molar-refractivity contribution in [3.63, 3.8) is 0 Å². The van der Waals surface area contributed by atoms with Crippen molar-refractivity contribution in [3.8, 4) is 0 Å². The van der Waals surface area contributed by atoms with E-state index in [2.05, 4.69) is 10.2 Å². The molecule has 7 nitrogen and oxygen atoms in total. The minimum absolute atomic E-state index is 0.0158. The Bertz CT molecular complexity index is 808. The van der Waals surface area contributed by atoms with Crippen LogP contribution in [-0.4, -0.2) is 64.0 Å². The Labute approximate surface area is 195 Å². The zero-order valence-electron chi connectivity index (χ0n) is 18.9. The minimum atomic E-state index is -1.23. The summed E-state index contributed by atoms with van der Waals surface area (Å²) in [5.74, 6) is -0.184. The van der Waals surface area contributed by atoms with Gasteiger partial charge in [0.05, 0.1) is 6.04 Å². The Morgan fingerprint density at radius 2 is 1.75 bits per heavy atom. The molecule has 1 saturated heterocycles. The molecule has 0 radical (unpaired) electrons. The number of benzene rings is 1. The Balaban J connectivity index is 1.72. The van der Waals surface area contributed by atoms with Crippen LogP contribution < -0.4 is 5.32 Å².